The van der Waals surface area contributed by atoms with Gasteiger partial charge >= 0.3 is 0 Å². The Morgan fingerprint density at radius 2 is 2.10 bits per heavy atom. The average molecular weight is 305 g/mol. The molecule has 0 amide bonds. The highest BCUT2D eigenvalue weighted by atomic mass is 35.5. The quantitative estimate of drug-likeness (QED) is 0.948. The van der Waals surface area contributed by atoms with Gasteiger partial charge in [0.1, 0.15) is 0 Å². The van der Waals surface area contributed by atoms with Gasteiger partial charge in [-0.1, -0.05) is 23.7 Å². The average Bonchev–Trinajstić information content (AvgIpc) is 2.83. The zero-order chi connectivity index (χ0) is 14.7. The van der Waals surface area contributed by atoms with Crippen LogP contribution in [0.2, 0.25) is 5.02 Å². The molecule has 1 aliphatic heterocycles. The summed E-state index contributed by atoms with van der Waals surface area (Å²) in [5.74, 6) is 0. The molecule has 2 aromatic rings. The van der Waals surface area contributed by atoms with Crippen molar-refractivity contribution in [2.45, 2.75) is 31.8 Å². The lowest BCUT2D eigenvalue weighted by Crippen LogP contribution is -2.26. The Morgan fingerprint density at radius 1 is 1.24 bits per heavy atom. The summed E-state index contributed by atoms with van der Waals surface area (Å²) in [4.78, 5) is 2.46. The maximum atomic E-state index is 6.21. The number of hydrogen-bond acceptors (Lipinski definition) is 3. The number of benzene rings is 1. The summed E-state index contributed by atoms with van der Waals surface area (Å²) in [6, 6.07) is 8.12. The van der Waals surface area contributed by atoms with Crippen LogP contribution in [0.25, 0.3) is 5.69 Å². The van der Waals surface area contributed by atoms with Crippen LogP contribution in [0.1, 0.15) is 24.8 Å². The molecule has 2 N–H and O–H groups in total. The van der Waals surface area contributed by atoms with Crippen LogP contribution in [0, 0.1) is 0 Å². The van der Waals surface area contributed by atoms with Gasteiger partial charge in [0, 0.05) is 24.3 Å². The van der Waals surface area contributed by atoms with E-state index in [4.69, 9.17) is 17.3 Å². The molecule has 5 heteroatoms. The molecule has 0 radical (unpaired) electrons. The zero-order valence-corrected chi connectivity index (χ0v) is 12.8. The summed E-state index contributed by atoms with van der Waals surface area (Å²) in [5.41, 5.74) is 8.16. The Balaban J connectivity index is 1.69. The number of nitrogens with two attached hydrogens (primary N) is 1. The van der Waals surface area contributed by atoms with Gasteiger partial charge in [0.15, 0.2) is 0 Å². The molecule has 1 fully saturated rings. The second kappa shape index (κ2) is 6.60. The van der Waals surface area contributed by atoms with Crippen molar-refractivity contribution >= 4 is 11.6 Å². The standard InChI is InChI=1S/C16H21ClN4/c17-15-5-1-2-6-16(15)21-12-13(10-19-21)11-20-8-3-4-14(18)7-9-20/h1-2,5-6,10,12,14H,3-4,7-9,11,18H2/t14-/m1/s1. The van der Waals surface area contributed by atoms with Crippen molar-refractivity contribution < 1.29 is 0 Å². The highest BCUT2D eigenvalue weighted by molar-refractivity contribution is 6.32. The second-order valence-corrected chi connectivity index (χ2v) is 6.12. The van der Waals surface area contributed by atoms with Gasteiger partial charge in [-0.3, -0.25) is 4.90 Å². The third-order valence-corrected chi connectivity index (χ3v) is 4.33. The predicted molar refractivity (Wildman–Crippen MR) is 85.7 cm³/mol. The molecule has 0 saturated carbocycles. The molecule has 4 nitrogen and oxygen atoms in total. The van der Waals surface area contributed by atoms with E-state index >= 15 is 0 Å². The van der Waals surface area contributed by atoms with Crippen LogP contribution in [0.4, 0.5) is 0 Å². The van der Waals surface area contributed by atoms with E-state index in [2.05, 4.69) is 16.2 Å². The minimum absolute atomic E-state index is 0.362. The highest BCUT2D eigenvalue weighted by Crippen LogP contribution is 2.20. The Labute approximate surface area is 130 Å². The molecule has 21 heavy (non-hydrogen) atoms. The number of rotatable bonds is 3. The molecule has 2 heterocycles. The van der Waals surface area contributed by atoms with Crippen LogP contribution in [-0.2, 0) is 6.54 Å². The van der Waals surface area contributed by atoms with Crippen LogP contribution in [0.5, 0.6) is 0 Å². The van der Waals surface area contributed by atoms with Gasteiger partial charge in [0.05, 0.1) is 16.9 Å². The topological polar surface area (TPSA) is 47.1 Å². The van der Waals surface area contributed by atoms with E-state index in [0.717, 1.165) is 38.2 Å². The van der Waals surface area contributed by atoms with Crippen molar-refractivity contribution in [2.24, 2.45) is 5.73 Å². The van der Waals surface area contributed by atoms with E-state index in [9.17, 15) is 0 Å². The Kier molecular flexibility index (Phi) is 4.58. The van der Waals surface area contributed by atoms with Crippen LogP contribution in [0.15, 0.2) is 36.7 Å². The van der Waals surface area contributed by atoms with E-state index in [1.54, 1.807) is 0 Å². The van der Waals surface area contributed by atoms with E-state index in [-0.39, 0.29) is 0 Å². The molecule has 0 aliphatic carbocycles. The second-order valence-electron chi connectivity index (χ2n) is 5.71. The van der Waals surface area contributed by atoms with Gasteiger partial charge in [-0.15, -0.1) is 0 Å². The molecule has 1 saturated heterocycles. The predicted octanol–water partition coefficient (Wildman–Crippen LogP) is 2.84. The number of para-hydroxylation sites is 1. The first-order chi connectivity index (χ1) is 10.2. The van der Waals surface area contributed by atoms with Crippen molar-refractivity contribution in [1.82, 2.24) is 14.7 Å². The molecule has 1 aromatic heterocycles. The normalized spacial score (nSPS) is 20.4. The smallest absolute Gasteiger partial charge is 0.0831 e. The number of nitrogens with zero attached hydrogens (tertiary/aromatic N) is 3. The van der Waals surface area contributed by atoms with Crippen molar-refractivity contribution in [2.75, 3.05) is 13.1 Å². The van der Waals surface area contributed by atoms with Gasteiger partial charge in [0.25, 0.3) is 0 Å². The molecule has 1 aromatic carbocycles. The van der Waals surface area contributed by atoms with Crippen LogP contribution >= 0.6 is 11.6 Å². The first kappa shape index (κ1) is 14.6. The first-order valence-corrected chi connectivity index (χ1v) is 7.86. The summed E-state index contributed by atoms with van der Waals surface area (Å²) in [6.45, 7) is 3.11. The number of halogens is 1. The molecule has 112 valence electrons. The van der Waals surface area contributed by atoms with Gasteiger partial charge < -0.3 is 5.73 Å². The Bertz CT molecular complexity index is 595. The monoisotopic (exact) mass is 304 g/mol. The molecule has 0 unspecified atom stereocenters. The largest absolute Gasteiger partial charge is 0.328 e. The third-order valence-electron chi connectivity index (χ3n) is 4.01. The van der Waals surface area contributed by atoms with Crippen molar-refractivity contribution in [3.8, 4) is 5.69 Å². The molecular formula is C16H21ClN4. The summed E-state index contributed by atoms with van der Waals surface area (Å²) < 4.78 is 1.85. The lowest BCUT2D eigenvalue weighted by molar-refractivity contribution is 0.276. The minimum Gasteiger partial charge on any atom is -0.328 e. The van der Waals surface area contributed by atoms with E-state index in [0.29, 0.717) is 11.1 Å². The summed E-state index contributed by atoms with van der Waals surface area (Å²) >= 11 is 6.21. The van der Waals surface area contributed by atoms with E-state index < -0.39 is 0 Å². The fraction of sp³-hybridized carbons (Fsp3) is 0.438. The Morgan fingerprint density at radius 3 is 2.95 bits per heavy atom. The SMILES string of the molecule is N[C@@H]1CCCN(Cc2cnn(-c3ccccc3Cl)c2)CC1. The maximum absolute atomic E-state index is 6.21. The zero-order valence-electron chi connectivity index (χ0n) is 12.1. The molecule has 1 aliphatic rings. The Hall–Kier alpha value is -1.36. The third kappa shape index (κ3) is 3.64. The van der Waals surface area contributed by atoms with Gasteiger partial charge in [-0.25, -0.2) is 4.68 Å². The van der Waals surface area contributed by atoms with Crippen LogP contribution < -0.4 is 5.73 Å². The lowest BCUT2D eigenvalue weighted by atomic mass is 10.1. The fourth-order valence-electron chi connectivity index (χ4n) is 2.81. The van der Waals surface area contributed by atoms with Crippen molar-refractivity contribution in [1.29, 1.82) is 0 Å². The summed E-state index contributed by atoms with van der Waals surface area (Å²) in [6.07, 6.45) is 7.38. The number of aromatic nitrogens is 2. The van der Waals surface area contributed by atoms with E-state index in [1.165, 1.54) is 12.0 Å². The molecular weight excluding hydrogens is 284 g/mol. The van der Waals surface area contributed by atoms with Crippen LogP contribution in [-0.4, -0.2) is 33.8 Å². The van der Waals surface area contributed by atoms with Gasteiger partial charge in [-0.05, 0) is 44.5 Å². The van der Waals surface area contributed by atoms with E-state index in [1.807, 2.05) is 35.1 Å². The van der Waals surface area contributed by atoms with Crippen LogP contribution in [0.3, 0.4) is 0 Å². The van der Waals surface area contributed by atoms with Crippen molar-refractivity contribution in [3.05, 3.63) is 47.2 Å². The van der Waals surface area contributed by atoms with Gasteiger partial charge in [-0.2, -0.15) is 5.10 Å². The maximum Gasteiger partial charge on any atom is 0.0831 e. The van der Waals surface area contributed by atoms with Crippen molar-refractivity contribution in [3.63, 3.8) is 0 Å². The minimum atomic E-state index is 0.362. The fourth-order valence-corrected chi connectivity index (χ4v) is 3.03. The molecule has 3 rings (SSSR count). The number of likely N-dealkylation sites (tertiary alicyclic amines) is 1. The summed E-state index contributed by atoms with van der Waals surface area (Å²) in [7, 11) is 0. The highest BCUT2D eigenvalue weighted by Gasteiger charge is 2.15. The first-order valence-electron chi connectivity index (χ1n) is 7.49. The summed E-state index contributed by atoms with van der Waals surface area (Å²) in [5, 5.41) is 5.15. The molecule has 0 spiro atoms. The van der Waals surface area contributed by atoms with Gasteiger partial charge in [0.2, 0.25) is 0 Å². The number of hydrogen-bond donors (Lipinski definition) is 1. The molecule has 0 bridgehead atoms. The lowest BCUT2D eigenvalue weighted by Gasteiger charge is -2.18. The molecule has 1 atom stereocenters.